The minimum atomic E-state index is -0.441. The molecule has 0 spiro atoms. The van der Waals surface area contributed by atoms with Crippen molar-refractivity contribution in [1.29, 1.82) is 5.26 Å². The first kappa shape index (κ1) is 9.17. The van der Waals surface area contributed by atoms with Gasteiger partial charge >= 0.3 is 0 Å². The van der Waals surface area contributed by atoms with Crippen LogP contribution in [0.25, 0.3) is 0 Å². The van der Waals surface area contributed by atoms with Crippen molar-refractivity contribution in [3.05, 3.63) is 33.5 Å². The molecule has 2 nitrogen and oxygen atoms in total. The van der Waals surface area contributed by atoms with Crippen molar-refractivity contribution in [1.82, 2.24) is 0 Å². The van der Waals surface area contributed by atoms with Crippen LogP contribution in [0.4, 0.5) is 4.39 Å². The first-order chi connectivity index (χ1) is 5.70. The maximum Gasteiger partial charge on any atom is 0.138 e. The lowest BCUT2D eigenvalue weighted by Crippen LogP contribution is -2.00. The highest BCUT2D eigenvalue weighted by Crippen LogP contribution is 2.22. The predicted molar refractivity (Wildman–Crippen MR) is 46.7 cm³/mol. The molecule has 0 amide bonds. The highest BCUT2D eigenvalue weighted by atomic mass is 79.9. The van der Waals surface area contributed by atoms with Gasteiger partial charge in [0.15, 0.2) is 0 Å². The van der Waals surface area contributed by atoms with Crippen LogP contribution in [-0.2, 0) is 6.54 Å². The first-order valence-electron chi connectivity index (χ1n) is 3.27. The van der Waals surface area contributed by atoms with Crippen molar-refractivity contribution in [3.8, 4) is 6.07 Å². The van der Waals surface area contributed by atoms with E-state index in [1.54, 1.807) is 0 Å². The highest BCUT2D eigenvalue weighted by molar-refractivity contribution is 9.10. The van der Waals surface area contributed by atoms with E-state index in [2.05, 4.69) is 15.9 Å². The summed E-state index contributed by atoms with van der Waals surface area (Å²) in [6.07, 6.45) is 0. The van der Waals surface area contributed by atoms with Crippen LogP contribution in [0.3, 0.4) is 0 Å². The minimum Gasteiger partial charge on any atom is -0.326 e. The smallest absolute Gasteiger partial charge is 0.138 e. The van der Waals surface area contributed by atoms with Gasteiger partial charge in [-0.2, -0.15) is 5.26 Å². The molecule has 62 valence electrons. The summed E-state index contributed by atoms with van der Waals surface area (Å²) in [6.45, 7) is 0.238. The van der Waals surface area contributed by atoms with Crippen molar-refractivity contribution in [2.24, 2.45) is 5.73 Å². The molecule has 1 aromatic carbocycles. The molecule has 0 radical (unpaired) electrons. The van der Waals surface area contributed by atoms with Crippen LogP contribution in [0.15, 0.2) is 16.6 Å². The van der Waals surface area contributed by atoms with Gasteiger partial charge in [0.1, 0.15) is 11.9 Å². The second-order valence-corrected chi connectivity index (χ2v) is 3.00. The number of nitrogens with zero attached hydrogens (tertiary/aromatic N) is 1. The standard InChI is InChI=1S/C8H6BrFN2/c9-8-6(4-12)5(3-11)1-2-7(8)10/h1-2H,3,11H2. The topological polar surface area (TPSA) is 49.8 Å². The van der Waals surface area contributed by atoms with E-state index < -0.39 is 5.82 Å². The molecule has 0 aliphatic rings. The van der Waals surface area contributed by atoms with E-state index in [9.17, 15) is 4.39 Å². The van der Waals surface area contributed by atoms with E-state index in [0.29, 0.717) is 5.56 Å². The summed E-state index contributed by atoms with van der Waals surface area (Å²) in [6, 6.07) is 4.69. The van der Waals surface area contributed by atoms with Gasteiger partial charge in [-0.15, -0.1) is 0 Å². The van der Waals surface area contributed by atoms with E-state index in [-0.39, 0.29) is 16.6 Å². The Bertz CT molecular complexity index is 344. The average Bonchev–Trinajstić information content (AvgIpc) is 2.09. The zero-order valence-corrected chi connectivity index (χ0v) is 7.73. The normalized spacial score (nSPS) is 9.50. The largest absolute Gasteiger partial charge is 0.326 e. The van der Waals surface area contributed by atoms with Crippen LogP contribution in [0.5, 0.6) is 0 Å². The second kappa shape index (κ2) is 3.65. The Morgan fingerprint density at radius 1 is 1.58 bits per heavy atom. The lowest BCUT2D eigenvalue weighted by molar-refractivity contribution is 0.619. The number of nitrogens with two attached hydrogens (primary N) is 1. The van der Waals surface area contributed by atoms with Crippen LogP contribution in [-0.4, -0.2) is 0 Å². The maximum absolute atomic E-state index is 12.8. The third-order valence-corrected chi connectivity index (χ3v) is 2.29. The molecule has 4 heteroatoms. The molecule has 1 rings (SSSR count). The van der Waals surface area contributed by atoms with Crippen molar-refractivity contribution in [3.63, 3.8) is 0 Å². The molecule has 1 aromatic rings. The molecule has 0 heterocycles. The monoisotopic (exact) mass is 228 g/mol. The second-order valence-electron chi connectivity index (χ2n) is 2.21. The van der Waals surface area contributed by atoms with E-state index in [0.717, 1.165) is 0 Å². The third-order valence-electron chi connectivity index (χ3n) is 1.51. The van der Waals surface area contributed by atoms with Crippen LogP contribution in [0.1, 0.15) is 11.1 Å². The molecule has 12 heavy (non-hydrogen) atoms. The maximum atomic E-state index is 12.8. The van der Waals surface area contributed by atoms with Gasteiger partial charge in [0.05, 0.1) is 10.0 Å². The molecule has 0 atom stereocenters. The SMILES string of the molecule is N#Cc1c(CN)ccc(F)c1Br. The summed E-state index contributed by atoms with van der Waals surface area (Å²) >= 11 is 2.98. The fourth-order valence-electron chi connectivity index (χ4n) is 0.882. The molecular formula is C8H6BrFN2. The Balaban J connectivity index is 3.38. The zero-order valence-electron chi connectivity index (χ0n) is 6.14. The Labute approximate surface area is 77.9 Å². The predicted octanol–water partition coefficient (Wildman–Crippen LogP) is 1.92. The summed E-state index contributed by atoms with van der Waals surface area (Å²) in [7, 11) is 0. The molecular weight excluding hydrogens is 223 g/mol. The fourth-order valence-corrected chi connectivity index (χ4v) is 1.36. The van der Waals surface area contributed by atoms with Crippen LogP contribution < -0.4 is 5.73 Å². The van der Waals surface area contributed by atoms with Crippen LogP contribution in [0, 0.1) is 17.1 Å². The van der Waals surface area contributed by atoms with Crippen LogP contribution >= 0.6 is 15.9 Å². The molecule has 0 saturated carbocycles. The van der Waals surface area contributed by atoms with Gasteiger partial charge in [-0.1, -0.05) is 6.07 Å². The molecule has 0 saturated heterocycles. The van der Waals surface area contributed by atoms with E-state index in [4.69, 9.17) is 11.0 Å². The molecule has 0 aliphatic carbocycles. The molecule has 0 aromatic heterocycles. The summed E-state index contributed by atoms with van der Waals surface area (Å²) in [5.41, 5.74) is 6.27. The molecule has 0 bridgehead atoms. The number of nitriles is 1. The molecule has 0 aliphatic heterocycles. The Morgan fingerprint density at radius 3 is 2.75 bits per heavy atom. The van der Waals surface area contributed by atoms with Crippen molar-refractivity contribution < 1.29 is 4.39 Å². The number of halogens is 2. The molecule has 0 fully saturated rings. The van der Waals surface area contributed by atoms with Gasteiger partial charge in [-0.3, -0.25) is 0 Å². The Hall–Kier alpha value is -0.920. The number of benzene rings is 1. The minimum absolute atomic E-state index is 0.188. The lowest BCUT2D eigenvalue weighted by Gasteiger charge is -2.02. The highest BCUT2D eigenvalue weighted by Gasteiger charge is 2.08. The zero-order chi connectivity index (χ0) is 9.14. The Kier molecular flexibility index (Phi) is 2.79. The van der Waals surface area contributed by atoms with Crippen LogP contribution in [0.2, 0.25) is 0 Å². The van der Waals surface area contributed by atoms with E-state index in [1.807, 2.05) is 6.07 Å². The Morgan fingerprint density at radius 2 is 2.25 bits per heavy atom. The summed E-state index contributed by atoms with van der Waals surface area (Å²) < 4.78 is 13.0. The van der Waals surface area contributed by atoms with Crippen molar-refractivity contribution in [2.75, 3.05) is 0 Å². The molecule has 0 unspecified atom stereocenters. The fraction of sp³-hybridized carbons (Fsp3) is 0.125. The van der Waals surface area contributed by atoms with Gasteiger partial charge in [0.2, 0.25) is 0 Å². The van der Waals surface area contributed by atoms with E-state index in [1.165, 1.54) is 12.1 Å². The van der Waals surface area contributed by atoms with Crippen molar-refractivity contribution in [2.45, 2.75) is 6.54 Å². The third kappa shape index (κ3) is 1.47. The van der Waals surface area contributed by atoms with Gasteiger partial charge in [0.25, 0.3) is 0 Å². The first-order valence-corrected chi connectivity index (χ1v) is 4.07. The number of rotatable bonds is 1. The van der Waals surface area contributed by atoms with Gasteiger partial charge in [-0.05, 0) is 27.6 Å². The van der Waals surface area contributed by atoms with Gasteiger partial charge < -0.3 is 5.73 Å². The number of hydrogen-bond donors (Lipinski definition) is 1. The number of hydrogen-bond acceptors (Lipinski definition) is 2. The van der Waals surface area contributed by atoms with Gasteiger partial charge in [-0.25, -0.2) is 4.39 Å². The lowest BCUT2D eigenvalue weighted by atomic mass is 10.1. The summed E-state index contributed by atoms with van der Waals surface area (Å²) in [5, 5.41) is 8.65. The summed E-state index contributed by atoms with van der Waals surface area (Å²) in [5.74, 6) is -0.441. The quantitative estimate of drug-likeness (QED) is 0.799. The summed E-state index contributed by atoms with van der Waals surface area (Å²) in [4.78, 5) is 0. The van der Waals surface area contributed by atoms with Gasteiger partial charge in [0, 0.05) is 6.54 Å². The van der Waals surface area contributed by atoms with Crippen molar-refractivity contribution >= 4 is 15.9 Å². The average molecular weight is 229 g/mol. The molecule has 2 N–H and O–H groups in total. The van der Waals surface area contributed by atoms with E-state index >= 15 is 0 Å².